The molecule has 1 aromatic carbocycles. The summed E-state index contributed by atoms with van der Waals surface area (Å²) in [6.07, 6.45) is 0.807. The summed E-state index contributed by atoms with van der Waals surface area (Å²) in [6.45, 7) is 3.73. The second-order valence-corrected chi connectivity index (χ2v) is 6.32. The minimum Gasteiger partial charge on any atom is -0.315 e. The van der Waals surface area contributed by atoms with Crippen molar-refractivity contribution in [3.63, 3.8) is 0 Å². The second-order valence-electron chi connectivity index (χ2n) is 4.46. The first-order chi connectivity index (χ1) is 9.11. The molecule has 0 aliphatic carbocycles. The molecule has 1 N–H and O–H groups in total. The molecule has 6 heteroatoms. The predicted octanol–water partition coefficient (Wildman–Crippen LogP) is 0.931. The smallest absolute Gasteiger partial charge is 0.244 e. The Kier molecular flexibility index (Phi) is 4.20. The van der Waals surface area contributed by atoms with E-state index < -0.39 is 10.0 Å². The van der Waals surface area contributed by atoms with Crippen molar-refractivity contribution >= 4 is 10.0 Å². The van der Waals surface area contributed by atoms with Crippen LogP contribution < -0.4 is 5.32 Å². The topological polar surface area (TPSA) is 73.2 Å². The zero-order valence-corrected chi connectivity index (χ0v) is 11.7. The van der Waals surface area contributed by atoms with Crippen LogP contribution in [0.25, 0.3) is 0 Å². The Labute approximate surface area is 113 Å². The molecule has 0 radical (unpaired) electrons. The zero-order valence-electron chi connectivity index (χ0n) is 10.8. The summed E-state index contributed by atoms with van der Waals surface area (Å²) < 4.78 is 26.8. The standard InChI is InChI=1S/C13H17N3O2S/c1-2-16(12-7-8-15-10-12)19(17,18)13-6-4-3-5-11(13)9-14/h3-6,12,15H,2,7-8,10H2,1H3. The van der Waals surface area contributed by atoms with E-state index in [1.807, 2.05) is 13.0 Å². The van der Waals surface area contributed by atoms with Crippen molar-refractivity contribution < 1.29 is 8.42 Å². The Morgan fingerprint density at radius 3 is 2.79 bits per heavy atom. The van der Waals surface area contributed by atoms with Crippen LogP contribution in [0.2, 0.25) is 0 Å². The molecular formula is C13H17N3O2S. The van der Waals surface area contributed by atoms with E-state index in [1.54, 1.807) is 12.1 Å². The van der Waals surface area contributed by atoms with Gasteiger partial charge >= 0.3 is 0 Å². The second kappa shape index (κ2) is 5.70. The largest absolute Gasteiger partial charge is 0.315 e. The van der Waals surface area contributed by atoms with E-state index in [1.165, 1.54) is 16.4 Å². The first-order valence-electron chi connectivity index (χ1n) is 6.33. The molecule has 102 valence electrons. The van der Waals surface area contributed by atoms with Crippen molar-refractivity contribution in [3.8, 4) is 6.07 Å². The molecule has 1 atom stereocenters. The van der Waals surface area contributed by atoms with E-state index in [4.69, 9.17) is 5.26 Å². The van der Waals surface area contributed by atoms with Gasteiger partial charge in [-0.05, 0) is 25.1 Å². The number of hydrogen-bond acceptors (Lipinski definition) is 4. The van der Waals surface area contributed by atoms with Gasteiger partial charge in [-0.25, -0.2) is 8.42 Å². The normalized spacial score (nSPS) is 19.5. The minimum atomic E-state index is -3.61. The van der Waals surface area contributed by atoms with Crippen LogP contribution in [0, 0.1) is 11.3 Å². The first kappa shape index (κ1) is 14.0. The lowest BCUT2D eigenvalue weighted by Crippen LogP contribution is -2.41. The summed E-state index contributed by atoms with van der Waals surface area (Å²) in [6, 6.07) is 8.28. The highest BCUT2D eigenvalue weighted by molar-refractivity contribution is 7.89. The van der Waals surface area contributed by atoms with Crippen molar-refractivity contribution in [2.75, 3.05) is 19.6 Å². The number of benzene rings is 1. The highest BCUT2D eigenvalue weighted by Crippen LogP contribution is 2.23. The Balaban J connectivity index is 2.43. The molecule has 1 saturated heterocycles. The SMILES string of the molecule is CCN(C1CCNC1)S(=O)(=O)c1ccccc1C#N. The lowest BCUT2D eigenvalue weighted by Gasteiger charge is -2.26. The zero-order chi connectivity index (χ0) is 13.9. The third-order valence-electron chi connectivity index (χ3n) is 3.35. The van der Waals surface area contributed by atoms with E-state index in [2.05, 4.69) is 5.32 Å². The van der Waals surface area contributed by atoms with Crippen LogP contribution in [0.15, 0.2) is 29.2 Å². The van der Waals surface area contributed by atoms with E-state index in [0.29, 0.717) is 13.1 Å². The van der Waals surface area contributed by atoms with Gasteiger partial charge in [0.2, 0.25) is 10.0 Å². The number of nitrogens with one attached hydrogen (secondary N) is 1. The summed E-state index contributed by atoms with van der Waals surface area (Å²) in [5.41, 5.74) is 0.201. The molecule has 0 saturated carbocycles. The van der Waals surface area contributed by atoms with Crippen molar-refractivity contribution in [2.45, 2.75) is 24.3 Å². The maximum atomic E-state index is 12.7. The number of nitrogens with zero attached hydrogens (tertiary/aromatic N) is 2. The molecule has 1 heterocycles. The van der Waals surface area contributed by atoms with Crippen molar-refractivity contribution in [2.24, 2.45) is 0 Å². The predicted molar refractivity (Wildman–Crippen MR) is 72.0 cm³/mol. The molecule has 1 aliphatic heterocycles. The number of hydrogen-bond donors (Lipinski definition) is 1. The fourth-order valence-electron chi connectivity index (χ4n) is 2.42. The van der Waals surface area contributed by atoms with Crippen molar-refractivity contribution in [1.82, 2.24) is 9.62 Å². The molecule has 1 fully saturated rings. The third kappa shape index (κ3) is 2.63. The van der Waals surface area contributed by atoms with Gasteiger partial charge in [0.05, 0.1) is 10.5 Å². The molecule has 5 nitrogen and oxygen atoms in total. The lowest BCUT2D eigenvalue weighted by molar-refractivity contribution is 0.348. The molecule has 1 aromatic rings. The van der Waals surface area contributed by atoms with Crippen molar-refractivity contribution in [3.05, 3.63) is 29.8 Å². The summed E-state index contributed by atoms with van der Waals surface area (Å²) in [5.74, 6) is 0. The molecular weight excluding hydrogens is 262 g/mol. The van der Waals surface area contributed by atoms with Gasteiger partial charge in [-0.1, -0.05) is 19.1 Å². The Morgan fingerprint density at radius 2 is 2.21 bits per heavy atom. The van der Waals surface area contributed by atoms with Gasteiger partial charge < -0.3 is 5.32 Å². The molecule has 0 aromatic heterocycles. The fourth-order valence-corrected chi connectivity index (χ4v) is 4.23. The Morgan fingerprint density at radius 1 is 1.47 bits per heavy atom. The van der Waals surface area contributed by atoms with Crippen LogP contribution >= 0.6 is 0 Å². The molecule has 0 amide bonds. The monoisotopic (exact) mass is 279 g/mol. The van der Waals surface area contributed by atoms with E-state index in [-0.39, 0.29) is 16.5 Å². The maximum absolute atomic E-state index is 12.7. The summed E-state index contributed by atoms with van der Waals surface area (Å²) in [5, 5.41) is 12.2. The van der Waals surface area contributed by atoms with Gasteiger partial charge in [0.15, 0.2) is 0 Å². The molecule has 1 aliphatic rings. The number of likely N-dealkylation sites (N-methyl/N-ethyl adjacent to an activating group) is 1. The first-order valence-corrected chi connectivity index (χ1v) is 7.77. The van der Waals surface area contributed by atoms with Crippen LogP contribution in [0.4, 0.5) is 0 Å². The lowest BCUT2D eigenvalue weighted by atomic mass is 10.2. The minimum absolute atomic E-state index is 0.0262. The average molecular weight is 279 g/mol. The highest BCUT2D eigenvalue weighted by atomic mass is 32.2. The molecule has 19 heavy (non-hydrogen) atoms. The van der Waals surface area contributed by atoms with E-state index >= 15 is 0 Å². The van der Waals surface area contributed by atoms with Crippen LogP contribution in [0.3, 0.4) is 0 Å². The fraction of sp³-hybridized carbons (Fsp3) is 0.462. The van der Waals surface area contributed by atoms with E-state index in [9.17, 15) is 8.42 Å². The number of sulfonamides is 1. The molecule has 0 spiro atoms. The van der Waals surface area contributed by atoms with Crippen LogP contribution in [0.1, 0.15) is 18.9 Å². The van der Waals surface area contributed by atoms with Gasteiger partial charge in [0.25, 0.3) is 0 Å². The Bertz CT molecular complexity index is 586. The highest BCUT2D eigenvalue weighted by Gasteiger charge is 2.33. The van der Waals surface area contributed by atoms with Gasteiger partial charge in [-0.15, -0.1) is 0 Å². The van der Waals surface area contributed by atoms with Crippen molar-refractivity contribution in [1.29, 1.82) is 5.26 Å². The van der Waals surface area contributed by atoms with Gasteiger partial charge in [-0.2, -0.15) is 9.57 Å². The molecule has 0 bridgehead atoms. The van der Waals surface area contributed by atoms with Crippen LogP contribution in [-0.2, 0) is 10.0 Å². The van der Waals surface area contributed by atoms with Crippen LogP contribution in [0.5, 0.6) is 0 Å². The van der Waals surface area contributed by atoms with Gasteiger partial charge in [0, 0.05) is 19.1 Å². The summed E-state index contributed by atoms with van der Waals surface area (Å²) >= 11 is 0. The number of nitriles is 1. The van der Waals surface area contributed by atoms with Gasteiger partial charge in [-0.3, -0.25) is 0 Å². The third-order valence-corrected chi connectivity index (χ3v) is 5.43. The summed E-state index contributed by atoms with van der Waals surface area (Å²) in [4.78, 5) is 0.103. The van der Waals surface area contributed by atoms with Gasteiger partial charge in [0.1, 0.15) is 6.07 Å². The summed E-state index contributed by atoms with van der Waals surface area (Å²) in [7, 11) is -3.61. The molecule has 2 rings (SSSR count). The number of rotatable bonds is 4. The Hall–Kier alpha value is -1.42. The average Bonchev–Trinajstić information content (AvgIpc) is 2.93. The maximum Gasteiger partial charge on any atom is 0.244 e. The quantitative estimate of drug-likeness (QED) is 0.890. The molecule has 1 unspecified atom stereocenters. The van der Waals surface area contributed by atoms with Crippen LogP contribution in [-0.4, -0.2) is 38.4 Å². The van der Waals surface area contributed by atoms with E-state index in [0.717, 1.165) is 13.0 Å².